The summed E-state index contributed by atoms with van der Waals surface area (Å²) in [6, 6.07) is 1.84. The van der Waals surface area contributed by atoms with Crippen molar-refractivity contribution in [2.75, 3.05) is 12.0 Å². The number of imidazole rings is 1. The molecule has 2 aromatic rings. The Labute approximate surface area is 113 Å². The lowest BCUT2D eigenvalue weighted by Crippen LogP contribution is -2.27. The highest BCUT2D eigenvalue weighted by Gasteiger charge is 2.14. The van der Waals surface area contributed by atoms with E-state index in [0.717, 1.165) is 12.1 Å². The number of hydrogen-bond acceptors (Lipinski definition) is 4. The summed E-state index contributed by atoms with van der Waals surface area (Å²) >= 11 is 0. The number of nitrogen functional groups attached to an aromatic ring is 1. The molecule has 0 saturated carbocycles. The minimum Gasteiger partial charge on any atom is -0.350 e. The number of rotatable bonds is 5. The molecule has 20 heavy (non-hydrogen) atoms. The Kier molecular flexibility index (Phi) is 4.26. The zero-order valence-corrected chi connectivity index (χ0v) is 10.4. The molecule has 8 heteroatoms. The van der Waals surface area contributed by atoms with Crippen LogP contribution in [0.5, 0.6) is 0 Å². The van der Waals surface area contributed by atoms with E-state index in [-0.39, 0.29) is 5.56 Å². The van der Waals surface area contributed by atoms with Crippen molar-refractivity contribution in [1.29, 1.82) is 0 Å². The summed E-state index contributed by atoms with van der Waals surface area (Å²) in [5, 5.41) is 2.56. The highest BCUT2D eigenvalue weighted by Crippen LogP contribution is 2.19. The molecule has 1 aromatic heterocycles. The second kappa shape index (κ2) is 6.11. The maximum atomic E-state index is 13.4. The summed E-state index contributed by atoms with van der Waals surface area (Å²) in [5.41, 5.74) is 1.32. The monoisotopic (exact) mass is 281 g/mol. The van der Waals surface area contributed by atoms with Crippen molar-refractivity contribution in [2.24, 2.45) is 5.84 Å². The smallest absolute Gasteiger partial charge is 0.251 e. The van der Waals surface area contributed by atoms with Crippen LogP contribution in [0.4, 0.5) is 14.5 Å². The van der Waals surface area contributed by atoms with Crippen LogP contribution in [0.25, 0.3) is 0 Å². The van der Waals surface area contributed by atoms with Gasteiger partial charge in [-0.05, 0) is 12.1 Å². The molecule has 0 aliphatic carbocycles. The summed E-state index contributed by atoms with van der Waals surface area (Å²) in [7, 11) is 0. The van der Waals surface area contributed by atoms with Gasteiger partial charge in [-0.3, -0.25) is 10.6 Å². The second-order valence-corrected chi connectivity index (χ2v) is 4.02. The van der Waals surface area contributed by atoms with Crippen molar-refractivity contribution in [1.82, 2.24) is 14.9 Å². The fraction of sp³-hybridized carbons (Fsp3) is 0.167. The molecule has 0 spiro atoms. The zero-order valence-electron chi connectivity index (χ0n) is 10.4. The molecule has 0 saturated heterocycles. The molecule has 1 aromatic carbocycles. The van der Waals surface area contributed by atoms with Crippen molar-refractivity contribution < 1.29 is 13.6 Å². The van der Waals surface area contributed by atoms with Gasteiger partial charge in [0.1, 0.15) is 5.69 Å². The van der Waals surface area contributed by atoms with Crippen LogP contribution in [0.15, 0.2) is 30.9 Å². The molecule has 106 valence electrons. The number of carbonyl (C=O) groups is 1. The summed E-state index contributed by atoms with van der Waals surface area (Å²) in [5.74, 6) is 2.56. The molecule has 4 N–H and O–H groups in total. The van der Waals surface area contributed by atoms with E-state index in [1.807, 2.05) is 5.43 Å². The van der Waals surface area contributed by atoms with Crippen molar-refractivity contribution in [2.45, 2.75) is 6.54 Å². The number of amides is 1. The molecule has 0 fully saturated rings. The van der Waals surface area contributed by atoms with Gasteiger partial charge in [0.25, 0.3) is 5.91 Å². The first-order chi connectivity index (χ1) is 9.61. The number of nitrogens with two attached hydrogens (primary N) is 1. The van der Waals surface area contributed by atoms with Crippen LogP contribution in [-0.2, 0) is 6.54 Å². The molecule has 0 atom stereocenters. The average molecular weight is 281 g/mol. The van der Waals surface area contributed by atoms with Crippen LogP contribution in [0.2, 0.25) is 0 Å². The van der Waals surface area contributed by atoms with Crippen LogP contribution in [0.3, 0.4) is 0 Å². The van der Waals surface area contributed by atoms with E-state index in [1.165, 1.54) is 0 Å². The fourth-order valence-electron chi connectivity index (χ4n) is 1.66. The maximum Gasteiger partial charge on any atom is 0.251 e. The third kappa shape index (κ3) is 3.09. The van der Waals surface area contributed by atoms with E-state index in [4.69, 9.17) is 5.84 Å². The molecule has 0 aliphatic rings. The van der Waals surface area contributed by atoms with Gasteiger partial charge in [-0.25, -0.2) is 13.8 Å². The third-order valence-electron chi connectivity index (χ3n) is 2.66. The SMILES string of the molecule is NNc1c(F)cc(C(=O)NCCn2ccnc2)cc1F. The van der Waals surface area contributed by atoms with E-state index in [2.05, 4.69) is 10.3 Å². The molecular weight excluding hydrogens is 268 g/mol. The number of hydrazine groups is 1. The normalized spacial score (nSPS) is 10.3. The third-order valence-corrected chi connectivity index (χ3v) is 2.66. The number of benzene rings is 1. The van der Waals surface area contributed by atoms with Gasteiger partial charge in [-0.15, -0.1) is 0 Å². The number of nitrogens with zero attached hydrogens (tertiary/aromatic N) is 2. The van der Waals surface area contributed by atoms with Crippen LogP contribution in [0.1, 0.15) is 10.4 Å². The standard InChI is InChI=1S/C12H13F2N5O/c13-9-5-8(6-10(14)11(9)18-15)12(20)17-2-4-19-3-1-16-7-19/h1,3,5-7,18H,2,4,15H2,(H,17,20). The number of aromatic nitrogens is 2. The number of anilines is 1. The van der Waals surface area contributed by atoms with Crippen molar-refractivity contribution >= 4 is 11.6 Å². The Morgan fingerprint density at radius 3 is 2.60 bits per heavy atom. The lowest BCUT2D eigenvalue weighted by atomic mass is 10.1. The zero-order chi connectivity index (χ0) is 14.5. The van der Waals surface area contributed by atoms with Crippen LogP contribution in [-0.4, -0.2) is 22.0 Å². The average Bonchev–Trinajstić information content (AvgIpc) is 2.91. The molecule has 0 bridgehead atoms. The Morgan fingerprint density at radius 1 is 1.35 bits per heavy atom. The molecular formula is C12H13F2N5O. The van der Waals surface area contributed by atoms with Gasteiger partial charge in [-0.2, -0.15) is 0 Å². The van der Waals surface area contributed by atoms with E-state index >= 15 is 0 Å². The highest BCUT2D eigenvalue weighted by atomic mass is 19.1. The van der Waals surface area contributed by atoms with E-state index in [9.17, 15) is 13.6 Å². The molecule has 6 nitrogen and oxygen atoms in total. The first-order valence-corrected chi connectivity index (χ1v) is 5.81. The van der Waals surface area contributed by atoms with Gasteiger partial charge in [0.2, 0.25) is 0 Å². The molecule has 1 heterocycles. The summed E-state index contributed by atoms with van der Waals surface area (Å²) in [6.07, 6.45) is 4.96. The van der Waals surface area contributed by atoms with E-state index in [0.29, 0.717) is 13.1 Å². The first-order valence-electron chi connectivity index (χ1n) is 5.81. The predicted molar refractivity (Wildman–Crippen MR) is 68.7 cm³/mol. The lowest BCUT2D eigenvalue weighted by Gasteiger charge is -2.08. The second-order valence-electron chi connectivity index (χ2n) is 4.02. The topological polar surface area (TPSA) is 85.0 Å². The molecule has 0 unspecified atom stereocenters. The maximum absolute atomic E-state index is 13.4. The van der Waals surface area contributed by atoms with Gasteiger partial charge in [-0.1, -0.05) is 0 Å². The highest BCUT2D eigenvalue weighted by molar-refractivity contribution is 5.94. The first kappa shape index (κ1) is 13.9. The van der Waals surface area contributed by atoms with Gasteiger partial charge in [0.15, 0.2) is 11.6 Å². The Balaban J connectivity index is 1.99. The molecule has 0 aliphatic heterocycles. The van der Waals surface area contributed by atoms with E-state index < -0.39 is 23.2 Å². The van der Waals surface area contributed by atoms with Gasteiger partial charge >= 0.3 is 0 Å². The lowest BCUT2D eigenvalue weighted by molar-refractivity contribution is 0.0951. The molecule has 0 radical (unpaired) electrons. The number of nitrogens with one attached hydrogen (secondary N) is 2. The van der Waals surface area contributed by atoms with Gasteiger partial charge < -0.3 is 15.3 Å². The summed E-state index contributed by atoms with van der Waals surface area (Å²) in [4.78, 5) is 15.6. The Morgan fingerprint density at radius 2 is 2.05 bits per heavy atom. The van der Waals surface area contributed by atoms with Crippen molar-refractivity contribution in [3.8, 4) is 0 Å². The summed E-state index contributed by atoms with van der Waals surface area (Å²) in [6.45, 7) is 0.828. The Bertz CT molecular complexity index is 577. The van der Waals surface area contributed by atoms with E-state index in [1.54, 1.807) is 23.3 Å². The number of carbonyl (C=O) groups excluding carboxylic acids is 1. The quantitative estimate of drug-likeness (QED) is 0.561. The number of hydrogen-bond donors (Lipinski definition) is 3. The molecule has 2 rings (SSSR count). The largest absolute Gasteiger partial charge is 0.350 e. The summed E-state index contributed by atoms with van der Waals surface area (Å²) < 4.78 is 28.7. The predicted octanol–water partition coefficient (Wildman–Crippen LogP) is 0.877. The minimum absolute atomic E-state index is 0.107. The fourth-order valence-corrected chi connectivity index (χ4v) is 1.66. The van der Waals surface area contributed by atoms with Crippen LogP contribution < -0.4 is 16.6 Å². The van der Waals surface area contributed by atoms with Crippen LogP contribution >= 0.6 is 0 Å². The van der Waals surface area contributed by atoms with Gasteiger partial charge in [0, 0.05) is 31.0 Å². The van der Waals surface area contributed by atoms with Crippen molar-refractivity contribution in [3.05, 3.63) is 48.1 Å². The minimum atomic E-state index is -0.924. The van der Waals surface area contributed by atoms with Crippen molar-refractivity contribution in [3.63, 3.8) is 0 Å². The van der Waals surface area contributed by atoms with Gasteiger partial charge in [0.05, 0.1) is 6.33 Å². The van der Waals surface area contributed by atoms with Crippen LogP contribution in [0, 0.1) is 11.6 Å². The molecule has 1 amide bonds. The number of halogens is 2. The Hall–Kier alpha value is -2.48.